The van der Waals surface area contributed by atoms with Crippen LogP contribution in [0.2, 0.25) is 0 Å². The number of nitrogens with one attached hydrogen (secondary N) is 2. The zero-order valence-electron chi connectivity index (χ0n) is 21.6. The number of aryl methyl sites for hydroxylation is 1. The molecular formula is C31H33N3O4. The maximum atomic E-state index is 11.4. The lowest BCUT2D eigenvalue weighted by Gasteiger charge is -2.19. The first-order valence-electron chi connectivity index (χ1n) is 12.6. The molecule has 0 spiro atoms. The predicted octanol–water partition coefficient (Wildman–Crippen LogP) is 5.09. The number of aliphatic hydroxyl groups is 1. The van der Waals surface area contributed by atoms with E-state index in [1.54, 1.807) is 12.4 Å². The van der Waals surface area contributed by atoms with Crippen LogP contribution >= 0.6 is 0 Å². The summed E-state index contributed by atoms with van der Waals surface area (Å²) in [7, 11) is 0. The zero-order valence-corrected chi connectivity index (χ0v) is 21.6. The molecule has 0 saturated heterocycles. The number of carboxylic acids is 1. The van der Waals surface area contributed by atoms with Crippen LogP contribution in [-0.4, -0.2) is 33.8 Å². The number of benzene rings is 3. The highest BCUT2D eigenvalue weighted by atomic mass is 16.5. The highest BCUT2D eigenvalue weighted by molar-refractivity contribution is 5.73. The number of carbonyl (C=O) groups is 1. The normalized spacial score (nSPS) is 11.7. The number of aromatic nitrogens is 1. The van der Waals surface area contributed by atoms with E-state index in [1.807, 2.05) is 49.4 Å². The number of anilines is 1. The number of pyridine rings is 1. The van der Waals surface area contributed by atoms with Gasteiger partial charge in [0.2, 0.25) is 0 Å². The fraction of sp³-hybridized carbons (Fsp3) is 0.226. The Kier molecular flexibility index (Phi) is 9.08. The van der Waals surface area contributed by atoms with Crippen LogP contribution in [0.1, 0.15) is 27.8 Å². The summed E-state index contributed by atoms with van der Waals surface area (Å²) in [6.45, 7) is 4.84. The summed E-state index contributed by atoms with van der Waals surface area (Å²) < 4.78 is 6.17. The van der Waals surface area contributed by atoms with Gasteiger partial charge in [-0.2, -0.15) is 0 Å². The van der Waals surface area contributed by atoms with Crippen LogP contribution in [0, 0.1) is 13.8 Å². The fourth-order valence-corrected chi connectivity index (χ4v) is 4.31. The molecule has 0 saturated carbocycles. The van der Waals surface area contributed by atoms with Gasteiger partial charge in [-0.25, -0.2) is 0 Å². The van der Waals surface area contributed by atoms with E-state index < -0.39 is 18.6 Å². The first kappa shape index (κ1) is 26.9. The van der Waals surface area contributed by atoms with Crippen LogP contribution in [0.4, 0.5) is 5.69 Å². The number of hydrogen-bond acceptors (Lipinski definition) is 6. The second kappa shape index (κ2) is 12.9. The van der Waals surface area contributed by atoms with E-state index in [1.165, 1.54) is 22.3 Å². The van der Waals surface area contributed by atoms with Crippen molar-refractivity contribution >= 4 is 11.7 Å². The summed E-state index contributed by atoms with van der Waals surface area (Å²) in [5.41, 5.74) is 8.48. The number of aliphatic carboxylic acids is 1. The van der Waals surface area contributed by atoms with Crippen LogP contribution in [0.25, 0.3) is 11.1 Å². The van der Waals surface area contributed by atoms with Crippen molar-refractivity contribution in [3.63, 3.8) is 0 Å². The highest BCUT2D eigenvalue weighted by Gasteiger charge is 2.17. The maximum Gasteiger partial charge on any atom is 0.323 e. The van der Waals surface area contributed by atoms with E-state index in [0.717, 1.165) is 22.4 Å². The van der Waals surface area contributed by atoms with Crippen molar-refractivity contribution in [1.29, 1.82) is 0 Å². The molecule has 196 valence electrons. The smallest absolute Gasteiger partial charge is 0.323 e. The van der Waals surface area contributed by atoms with E-state index in [-0.39, 0.29) is 6.54 Å². The summed E-state index contributed by atoms with van der Waals surface area (Å²) >= 11 is 0. The van der Waals surface area contributed by atoms with Gasteiger partial charge in [0.05, 0.1) is 6.61 Å². The van der Waals surface area contributed by atoms with Crippen LogP contribution < -0.4 is 15.4 Å². The molecule has 1 heterocycles. The van der Waals surface area contributed by atoms with Gasteiger partial charge >= 0.3 is 5.97 Å². The van der Waals surface area contributed by atoms with Gasteiger partial charge in [0, 0.05) is 48.4 Å². The standard InChI is InChI=1S/C31H33N3O4/c1-21-14-26(18-34-29(19-35)31(36)37)30(38-20-23-8-7-13-32-16-23)15-28(21)33-17-25-11-6-12-27(22(25)2)24-9-4-3-5-10-24/h3-16,29,33-35H,17-20H2,1-2H3,(H,36,37)/t29-/m1/s1. The van der Waals surface area contributed by atoms with Crippen molar-refractivity contribution in [1.82, 2.24) is 10.3 Å². The topological polar surface area (TPSA) is 104 Å². The van der Waals surface area contributed by atoms with E-state index in [2.05, 4.69) is 52.9 Å². The third-order valence-corrected chi connectivity index (χ3v) is 6.54. The number of ether oxygens (including phenoxy) is 1. The van der Waals surface area contributed by atoms with Crippen molar-refractivity contribution in [3.05, 3.63) is 113 Å². The van der Waals surface area contributed by atoms with Crippen LogP contribution in [0.3, 0.4) is 0 Å². The molecular weight excluding hydrogens is 478 g/mol. The van der Waals surface area contributed by atoms with Gasteiger partial charge in [-0.3, -0.25) is 15.1 Å². The zero-order chi connectivity index (χ0) is 26.9. The van der Waals surface area contributed by atoms with Crippen molar-refractivity contribution in [2.45, 2.75) is 39.6 Å². The Morgan fingerprint density at radius 1 is 0.974 bits per heavy atom. The Labute approximate surface area is 223 Å². The lowest BCUT2D eigenvalue weighted by atomic mass is 9.96. The van der Waals surface area contributed by atoms with Crippen molar-refractivity contribution in [3.8, 4) is 16.9 Å². The average Bonchev–Trinajstić information content (AvgIpc) is 2.93. The fourth-order valence-electron chi connectivity index (χ4n) is 4.31. The highest BCUT2D eigenvalue weighted by Crippen LogP contribution is 2.30. The molecule has 38 heavy (non-hydrogen) atoms. The molecule has 7 nitrogen and oxygen atoms in total. The third kappa shape index (κ3) is 6.76. The molecule has 0 unspecified atom stereocenters. The molecule has 4 rings (SSSR count). The van der Waals surface area contributed by atoms with Gasteiger partial charge in [-0.05, 0) is 53.8 Å². The molecule has 0 radical (unpaired) electrons. The average molecular weight is 512 g/mol. The number of hydrogen-bond donors (Lipinski definition) is 4. The number of nitrogens with zero attached hydrogens (tertiary/aromatic N) is 1. The first-order chi connectivity index (χ1) is 18.5. The van der Waals surface area contributed by atoms with Gasteiger partial charge in [0.25, 0.3) is 0 Å². The van der Waals surface area contributed by atoms with E-state index in [4.69, 9.17) is 4.74 Å². The van der Waals surface area contributed by atoms with Gasteiger partial charge < -0.3 is 20.3 Å². The third-order valence-electron chi connectivity index (χ3n) is 6.54. The Balaban J connectivity index is 1.56. The van der Waals surface area contributed by atoms with Crippen molar-refractivity contribution in [2.75, 3.05) is 11.9 Å². The Morgan fingerprint density at radius 3 is 2.50 bits per heavy atom. The molecule has 0 aliphatic carbocycles. The van der Waals surface area contributed by atoms with Gasteiger partial charge in [0.15, 0.2) is 0 Å². The minimum atomic E-state index is -1.10. The molecule has 1 aromatic heterocycles. The molecule has 4 aromatic rings. The van der Waals surface area contributed by atoms with Gasteiger partial charge in [0.1, 0.15) is 18.4 Å². The van der Waals surface area contributed by atoms with E-state index >= 15 is 0 Å². The first-order valence-corrected chi connectivity index (χ1v) is 12.6. The minimum absolute atomic E-state index is 0.235. The van der Waals surface area contributed by atoms with Gasteiger partial charge in [-0.15, -0.1) is 0 Å². The minimum Gasteiger partial charge on any atom is -0.488 e. The quantitative estimate of drug-likeness (QED) is 0.210. The van der Waals surface area contributed by atoms with Crippen LogP contribution in [0.15, 0.2) is 85.2 Å². The summed E-state index contributed by atoms with van der Waals surface area (Å²) in [6, 6.07) is 23.4. The molecule has 0 fully saturated rings. The second-order valence-corrected chi connectivity index (χ2v) is 9.19. The number of rotatable bonds is 12. The summed E-state index contributed by atoms with van der Waals surface area (Å²) in [6.07, 6.45) is 3.46. The number of aliphatic hydroxyl groups excluding tert-OH is 1. The Hall–Kier alpha value is -4.20. The Morgan fingerprint density at radius 2 is 1.79 bits per heavy atom. The number of carboxylic acid groups (broad SMARTS) is 1. The second-order valence-electron chi connectivity index (χ2n) is 9.19. The summed E-state index contributed by atoms with van der Waals surface area (Å²) in [5.74, 6) is -0.472. The molecule has 4 N–H and O–H groups in total. The van der Waals surface area contributed by atoms with Crippen LogP contribution in [0.5, 0.6) is 5.75 Å². The lowest BCUT2D eigenvalue weighted by molar-refractivity contribution is -0.140. The van der Waals surface area contributed by atoms with Crippen LogP contribution in [-0.2, 0) is 24.5 Å². The Bertz CT molecular complexity index is 1360. The molecule has 0 bridgehead atoms. The van der Waals surface area contributed by atoms with E-state index in [9.17, 15) is 15.0 Å². The SMILES string of the molecule is Cc1cc(CN[C@H](CO)C(=O)O)c(OCc2cccnc2)cc1NCc1cccc(-c2ccccc2)c1C. The summed E-state index contributed by atoms with van der Waals surface area (Å²) in [5, 5.41) is 25.1. The molecule has 0 aliphatic heterocycles. The van der Waals surface area contributed by atoms with Crippen molar-refractivity contribution < 1.29 is 19.7 Å². The predicted molar refractivity (Wildman–Crippen MR) is 149 cm³/mol. The maximum absolute atomic E-state index is 11.4. The van der Waals surface area contributed by atoms with Crippen molar-refractivity contribution in [2.24, 2.45) is 0 Å². The molecule has 3 aromatic carbocycles. The molecule has 7 heteroatoms. The summed E-state index contributed by atoms with van der Waals surface area (Å²) in [4.78, 5) is 15.5. The molecule has 0 aliphatic rings. The molecule has 0 amide bonds. The molecule has 1 atom stereocenters. The van der Waals surface area contributed by atoms with E-state index in [0.29, 0.717) is 18.9 Å². The lowest BCUT2D eigenvalue weighted by Crippen LogP contribution is -2.39. The van der Waals surface area contributed by atoms with Gasteiger partial charge in [-0.1, -0.05) is 54.6 Å². The largest absolute Gasteiger partial charge is 0.488 e. The monoisotopic (exact) mass is 511 g/mol.